The third kappa shape index (κ3) is 2.83. The number of fused-ring (bicyclic) bond motifs is 1. The van der Waals surface area contributed by atoms with E-state index in [0.717, 1.165) is 0 Å². The van der Waals surface area contributed by atoms with Crippen LogP contribution in [0.4, 0.5) is 22.2 Å². The van der Waals surface area contributed by atoms with Crippen molar-refractivity contribution >= 4 is 23.5 Å². The molecule has 26 heavy (non-hydrogen) atoms. The SMILES string of the molecule is CCCn1c(N=Nc2c(O)[nH]c(=O)[nH]c2=O)nc2c1[C@@H](O)NC(=O)N2C. The van der Waals surface area contributed by atoms with Gasteiger partial charge in [0.2, 0.25) is 11.6 Å². The second-order valence-corrected chi connectivity index (χ2v) is 5.49. The Morgan fingerprint density at radius 3 is 2.62 bits per heavy atom. The number of nitrogens with zero attached hydrogens (tertiary/aromatic N) is 5. The zero-order valence-electron chi connectivity index (χ0n) is 13.8. The Balaban J connectivity index is 2.10. The van der Waals surface area contributed by atoms with Crippen molar-refractivity contribution < 1.29 is 15.0 Å². The summed E-state index contributed by atoms with van der Waals surface area (Å²) in [6, 6.07) is -0.538. The first-order valence-electron chi connectivity index (χ1n) is 7.63. The highest BCUT2D eigenvalue weighted by atomic mass is 16.3. The van der Waals surface area contributed by atoms with Crippen molar-refractivity contribution in [3.05, 3.63) is 26.5 Å². The fraction of sp³-hybridized carbons (Fsp3) is 0.385. The number of aromatic amines is 2. The van der Waals surface area contributed by atoms with Gasteiger partial charge in [-0.3, -0.25) is 19.7 Å². The minimum absolute atomic E-state index is 0.0178. The lowest BCUT2D eigenvalue weighted by atomic mass is 10.3. The summed E-state index contributed by atoms with van der Waals surface area (Å²) in [5.74, 6) is -0.526. The maximum Gasteiger partial charge on any atom is 0.328 e. The lowest BCUT2D eigenvalue weighted by Crippen LogP contribution is -2.45. The molecule has 3 heterocycles. The van der Waals surface area contributed by atoms with Crippen LogP contribution in [0.25, 0.3) is 0 Å². The van der Waals surface area contributed by atoms with Gasteiger partial charge in [0, 0.05) is 13.6 Å². The maximum absolute atomic E-state index is 11.8. The number of hydrogen-bond donors (Lipinski definition) is 5. The third-order valence-corrected chi connectivity index (χ3v) is 3.69. The Labute approximate surface area is 145 Å². The topological polar surface area (TPSA) is 181 Å². The third-order valence-electron chi connectivity index (χ3n) is 3.69. The van der Waals surface area contributed by atoms with Crippen molar-refractivity contribution in [1.82, 2.24) is 24.8 Å². The molecule has 138 valence electrons. The van der Waals surface area contributed by atoms with Gasteiger partial charge in [0.05, 0.1) is 0 Å². The Hall–Kier alpha value is -3.48. The van der Waals surface area contributed by atoms with Crippen LogP contribution in [0.15, 0.2) is 19.8 Å². The van der Waals surface area contributed by atoms with E-state index in [9.17, 15) is 24.6 Å². The molecule has 0 fully saturated rings. The molecule has 0 saturated carbocycles. The Bertz CT molecular complexity index is 1000. The lowest BCUT2D eigenvalue weighted by Gasteiger charge is -2.27. The molecule has 0 saturated heterocycles. The Kier molecular flexibility index (Phi) is 4.29. The summed E-state index contributed by atoms with van der Waals surface area (Å²) < 4.78 is 1.54. The molecule has 0 spiro atoms. The lowest BCUT2D eigenvalue weighted by molar-refractivity contribution is 0.133. The molecule has 0 bridgehead atoms. The van der Waals surface area contributed by atoms with Crippen molar-refractivity contribution in [2.75, 3.05) is 11.9 Å². The van der Waals surface area contributed by atoms with Crippen molar-refractivity contribution in [2.45, 2.75) is 26.1 Å². The van der Waals surface area contributed by atoms with Crippen LogP contribution < -0.4 is 21.5 Å². The van der Waals surface area contributed by atoms with Gasteiger partial charge in [0.25, 0.3) is 11.5 Å². The standard InChI is InChI=1S/C13H16N8O5/c1-3-4-21-6-7(20(2)13(26)17-10(6)24)14-11(21)19-18-5-8(22)15-12(25)16-9(5)23/h10,24H,3-4H2,1-2H3,(H,17,26)(H3,15,16,22,23,25)/t10-/m1/s1. The second-order valence-electron chi connectivity index (χ2n) is 5.49. The Morgan fingerprint density at radius 2 is 1.96 bits per heavy atom. The normalized spacial score (nSPS) is 16.8. The number of carbonyl (C=O) groups excluding carboxylic acids is 1. The summed E-state index contributed by atoms with van der Waals surface area (Å²) in [5.41, 5.74) is -2.00. The minimum atomic E-state index is -1.28. The van der Waals surface area contributed by atoms with Gasteiger partial charge in [-0.05, 0) is 6.42 Å². The van der Waals surface area contributed by atoms with Gasteiger partial charge in [-0.2, -0.15) is 4.98 Å². The van der Waals surface area contributed by atoms with Crippen molar-refractivity contribution in [2.24, 2.45) is 10.2 Å². The van der Waals surface area contributed by atoms with Gasteiger partial charge in [0.1, 0.15) is 5.69 Å². The first-order valence-corrected chi connectivity index (χ1v) is 7.63. The molecule has 0 aromatic carbocycles. The van der Waals surface area contributed by atoms with E-state index in [1.807, 2.05) is 16.9 Å². The summed E-state index contributed by atoms with van der Waals surface area (Å²) in [7, 11) is 1.47. The number of rotatable bonds is 4. The Morgan fingerprint density at radius 1 is 1.23 bits per heavy atom. The molecule has 3 rings (SSSR count). The number of nitrogens with one attached hydrogen (secondary N) is 3. The molecule has 0 aliphatic carbocycles. The largest absolute Gasteiger partial charge is 0.493 e. The molecule has 5 N–H and O–H groups in total. The second kappa shape index (κ2) is 6.44. The van der Waals surface area contributed by atoms with Crippen LogP contribution in [0, 0.1) is 0 Å². The number of aliphatic hydroxyl groups excluding tert-OH is 1. The van der Waals surface area contributed by atoms with Gasteiger partial charge < -0.3 is 20.1 Å². The maximum atomic E-state index is 11.8. The molecule has 0 unspecified atom stereocenters. The van der Waals surface area contributed by atoms with Crippen LogP contribution in [0.1, 0.15) is 25.3 Å². The highest BCUT2D eigenvalue weighted by Crippen LogP contribution is 2.33. The molecule has 2 aromatic rings. The number of urea groups is 1. The van der Waals surface area contributed by atoms with E-state index in [2.05, 4.69) is 20.5 Å². The van der Waals surface area contributed by atoms with Crippen LogP contribution in [-0.4, -0.2) is 42.8 Å². The average Bonchev–Trinajstić information content (AvgIpc) is 2.91. The van der Waals surface area contributed by atoms with Gasteiger partial charge in [-0.25, -0.2) is 9.59 Å². The van der Waals surface area contributed by atoms with E-state index in [-0.39, 0.29) is 11.8 Å². The van der Waals surface area contributed by atoms with Crippen LogP contribution >= 0.6 is 0 Å². The zero-order valence-corrected chi connectivity index (χ0v) is 13.8. The smallest absolute Gasteiger partial charge is 0.328 e. The number of aliphatic hydroxyl groups is 1. The van der Waals surface area contributed by atoms with Gasteiger partial charge >= 0.3 is 11.7 Å². The molecular formula is C13H16N8O5. The van der Waals surface area contributed by atoms with E-state index in [4.69, 9.17) is 0 Å². The van der Waals surface area contributed by atoms with Crippen LogP contribution in [-0.2, 0) is 6.54 Å². The highest BCUT2D eigenvalue weighted by Gasteiger charge is 2.33. The first-order chi connectivity index (χ1) is 12.3. The van der Waals surface area contributed by atoms with E-state index in [1.165, 1.54) is 16.5 Å². The monoisotopic (exact) mass is 364 g/mol. The molecule has 1 aliphatic heterocycles. The number of amides is 2. The zero-order chi connectivity index (χ0) is 19.0. The quantitative estimate of drug-likeness (QED) is 0.474. The number of aromatic nitrogens is 4. The predicted molar refractivity (Wildman–Crippen MR) is 87.9 cm³/mol. The molecule has 13 nitrogen and oxygen atoms in total. The minimum Gasteiger partial charge on any atom is -0.493 e. The number of aromatic hydroxyl groups is 1. The van der Waals surface area contributed by atoms with E-state index in [1.54, 1.807) is 0 Å². The van der Waals surface area contributed by atoms with Crippen molar-refractivity contribution in [3.8, 4) is 5.88 Å². The highest BCUT2D eigenvalue weighted by molar-refractivity contribution is 5.93. The number of H-pyrrole nitrogens is 2. The number of azo groups is 1. The number of imidazole rings is 1. The van der Waals surface area contributed by atoms with Crippen molar-refractivity contribution in [3.63, 3.8) is 0 Å². The molecule has 0 radical (unpaired) electrons. The molecule has 1 atom stereocenters. The number of anilines is 1. The predicted octanol–water partition coefficient (Wildman–Crippen LogP) is -0.0590. The molecule has 2 amide bonds. The van der Waals surface area contributed by atoms with E-state index < -0.39 is 35.1 Å². The van der Waals surface area contributed by atoms with Crippen LogP contribution in [0.5, 0.6) is 5.88 Å². The summed E-state index contributed by atoms with van der Waals surface area (Å²) in [6.45, 7) is 2.30. The van der Waals surface area contributed by atoms with Gasteiger partial charge in [0.15, 0.2) is 12.0 Å². The molecule has 1 aliphatic rings. The summed E-state index contributed by atoms with van der Waals surface area (Å²) >= 11 is 0. The molecular weight excluding hydrogens is 348 g/mol. The fourth-order valence-electron chi connectivity index (χ4n) is 2.51. The van der Waals surface area contributed by atoms with Crippen molar-refractivity contribution in [1.29, 1.82) is 0 Å². The fourth-order valence-corrected chi connectivity index (χ4v) is 2.51. The van der Waals surface area contributed by atoms with Crippen LogP contribution in [0.3, 0.4) is 0 Å². The molecule has 13 heteroatoms. The number of carbonyl (C=O) groups is 1. The number of hydrogen-bond acceptors (Lipinski definition) is 8. The first kappa shape index (κ1) is 17.3. The van der Waals surface area contributed by atoms with Crippen LogP contribution in [0.2, 0.25) is 0 Å². The van der Waals surface area contributed by atoms with Gasteiger partial charge in [-0.1, -0.05) is 6.92 Å². The molecule has 2 aromatic heterocycles. The average molecular weight is 364 g/mol. The summed E-state index contributed by atoms with van der Waals surface area (Å²) in [4.78, 5) is 43.9. The van der Waals surface area contributed by atoms with Gasteiger partial charge in [-0.15, -0.1) is 10.2 Å². The summed E-state index contributed by atoms with van der Waals surface area (Å²) in [6.07, 6.45) is -0.609. The summed E-state index contributed by atoms with van der Waals surface area (Å²) in [5, 5.41) is 29.7. The van der Waals surface area contributed by atoms with E-state index in [0.29, 0.717) is 18.7 Å². The van der Waals surface area contributed by atoms with E-state index >= 15 is 0 Å².